The summed E-state index contributed by atoms with van der Waals surface area (Å²) >= 11 is 0. The number of rotatable bonds is 5. The van der Waals surface area contributed by atoms with E-state index in [1.54, 1.807) is 19.2 Å². The molecule has 0 spiro atoms. The van der Waals surface area contributed by atoms with Crippen LogP contribution in [0.15, 0.2) is 53.7 Å². The smallest absolute Gasteiger partial charge is 0.193 e. The van der Waals surface area contributed by atoms with Gasteiger partial charge in [-0.1, -0.05) is 12.1 Å². The van der Waals surface area contributed by atoms with Crippen LogP contribution in [0.1, 0.15) is 23.5 Å². The van der Waals surface area contributed by atoms with E-state index in [0.29, 0.717) is 5.92 Å². The monoisotopic (exact) mass is 394 g/mol. The Balaban J connectivity index is 1.34. The molecule has 4 rings (SSSR count). The second-order valence-corrected chi connectivity index (χ2v) is 7.43. The van der Waals surface area contributed by atoms with Gasteiger partial charge in [-0.05, 0) is 54.3 Å². The molecule has 0 bridgehead atoms. The van der Waals surface area contributed by atoms with E-state index in [2.05, 4.69) is 32.3 Å². The van der Waals surface area contributed by atoms with E-state index in [-0.39, 0.29) is 5.82 Å². The quantitative estimate of drug-likeness (QED) is 0.509. The van der Waals surface area contributed by atoms with Crippen LogP contribution in [0.25, 0.3) is 10.9 Å². The van der Waals surface area contributed by atoms with E-state index in [9.17, 15) is 4.39 Å². The lowest BCUT2D eigenvalue weighted by Gasteiger charge is -2.22. The Bertz CT molecular complexity index is 996. The lowest BCUT2D eigenvalue weighted by molar-refractivity contribution is 0.414. The van der Waals surface area contributed by atoms with Crippen LogP contribution in [0, 0.1) is 5.82 Å². The lowest BCUT2D eigenvalue weighted by atomic mass is 9.98. The maximum absolute atomic E-state index is 13.6. The molecule has 1 saturated heterocycles. The molecule has 5 nitrogen and oxygen atoms in total. The summed E-state index contributed by atoms with van der Waals surface area (Å²) in [4.78, 5) is 9.98. The number of nitrogens with zero attached hydrogens (tertiary/aromatic N) is 2. The number of methoxy groups -OCH3 is 1. The van der Waals surface area contributed by atoms with Crippen LogP contribution < -0.4 is 10.1 Å². The van der Waals surface area contributed by atoms with E-state index in [1.165, 1.54) is 11.6 Å². The van der Waals surface area contributed by atoms with E-state index in [4.69, 9.17) is 4.74 Å². The van der Waals surface area contributed by atoms with Crippen molar-refractivity contribution in [2.24, 2.45) is 4.99 Å². The number of halogens is 1. The summed E-state index contributed by atoms with van der Waals surface area (Å²) in [5, 5.41) is 4.41. The molecule has 1 aliphatic rings. The molecule has 0 radical (unpaired) electrons. The third kappa shape index (κ3) is 4.21. The zero-order chi connectivity index (χ0) is 20.2. The van der Waals surface area contributed by atoms with Crippen LogP contribution in [0.4, 0.5) is 4.39 Å². The van der Waals surface area contributed by atoms with Crippen molar-refractivity contribution >= 4 is 16.9 Å². The first-order chi connectivity index (χ1) is 14.2. The highest BCUT2D eigenvalue weighted by Crippen LogP contribution is 2.28. The summed E-state index contributed by atoms with van der Waals surface area (Å²) < 4.78 is 18.8. The second-order valence-electron chi connectivity index (χ2n) is 7.43. The molecule has 6 heteroatoms. The number of hydrogen-bond acceptors (Lipinski definition) is 2. The minimum atomic E-state index is -0.205. The van der Waals surface area contributed by atoms with Gasteiger partial charge in [-0.3, -0.25) is 4.99 Å². The number of ether oxygens (including phenoxy) is 1. The Morgan fingerprint density at radius 3 is 2.86 bits per heavy atom. The summed E-state index contributed by atoms with van der Waals surface area (Å²) in [6.07, 6.45) is 3.87. The number of hydrogen-bond donors (Lipinski definition) is 2. The van der Waals surface area contributed by atoms with Gasteiger partial charge in [-0.15, -0.1) is 0 Å². The molecule has 1 fully saturated rings. The largest absolute Gasteiger partial charge is 0.497 e. The summed E-state index contributed by atoms with van der Waals surface area (Å²) in [6.45, 7) is 2.68. The van der Waals surface area contributed by atoms with Gasteiger partial charge in [-0.2, -0.15) is 0 Å². The first-order valence-electron chi connectivity index (χ1n) is 10.0. The van der Waals surface area contributed by atoms with Crippen LogP contribution in [-0.4, -0.2) is 49.6 Å². The van der Waals surface area contributed by atoms with Crippen molar-refractivity contribution < 1.29 is 9.13 Å². The SMILES string of the molecule is CN=C(NCCc1c[nH]c2ccc(F)cc12)N1CCC(c2ccc(OC)cc2)C1. The van der Waals surface area contributed by atoms with Gasteiger partial charge in [0.05, 0.1) is 7.11 Å². The topological polar surface area (TPSA) is 52.7 Å². The molecular weight excluding hydrogens is 367 g/mol. The Morgan fingerprint density at radius 1 is 1.28 bits per heavy atom. The first kappa shape index (κ1) is 19.3. The van der Waals surface area contributed by atoms with Gasteiger partial charge in [0.2, 0.25) is 0 Å². The van der Waals surface area contributed by atoms with Gasteiger partial charge in [0.15, 0.2) is 5.96 Å². The Kier molecular flexibility index (Phi) is 5.69. The standard InChI is InChI=1S/C23H27FN4O/c1-25-23(26-11-9-17-14-27-22-8-5-19(24)13-21(17)22)28-12-10-18(15-28)16-3-6-20(29-2)7-4-16/h3-8,13-14,18,27H,9-12,15H2,1-2H3,(H,25,26). The molecule has 1 aliphatic heterocycles. The van der Waals surface area contributed by atoms with Crippen LogP contribution in [-0.2, 0) is 6.42 Å². The van der Waals surface area contributed by atoms with Crippen molar-refractivity contribution in [1.82, 2.24) is 15.2 Å². The van der Waals surface area contributed by atoms with Crippen molar-refractivity contribution in [3.8, 4) is 5.75 Å². The average molecular weight is 394 g/mol. The predicted molar refractivity (Wildman–Crippen MR) is 115 cm³/mol. The normalized spacial score (nSPS) is 17.1. The molecule has 2 heterocycles. The molecule has 2 aromatic carbocycles. The van der Waals surface area contributed by atoms with Crippen molar-refractivity contribution in [2.45, 2.75) is 18.8 Å². The maximum atomic E-state index is 13.6. The highest BCUT2D eigenvalue weighted by molar-refractivity contribution is 5.83. The molecular formula is C23H27FN4O. The fourth-order valence-corrected chi connectivity index (χ4v) is 4.10. The summed E-state index contributed by atoms with van der Waals surface area (Å²) in [6, 6.07) is 13.2. The van der Waals surface area contributed by atoms with Crippen molar-refractivity contribution in [1.29, 1.82) is 0 Å². The molecule has 2 N–H and O–H groups in total. The summed E-state index contributed by atoms with van der Waals surface area (Å²) in [5.41, 5.74) is 3.41. The molecule has 1 atom stereocenters. The van der Waals surface area contributed by atoms with E-state index in [1.807, 2.05) is 25.4 Å². The number of guanidine groups is 1. The van der Waals surface area contributed by atoms with E-state index < -0.39 is 0 Å². The number of benzene rings is 2. The van der Waals surface area contributed by atoms with Gasteiger partial charge in [0, 0.05) is 49.7 Å². The maximum Gasteiger partial charge on any atom is 0.193 e. The lowest BCUT2D eigenvalue weighted by Crippen LogP contribution is -2.40. The molecule has 29 heavy (non-hydrogen) atoms. The molecule has 152 valence electrons. The molecule has 0 saturated carbocycles. The summed E-state index contributed by atoms with van der Waals surface area (Å²) in [7, 11) is 3.51. The van der Waals surface area contributed by atoms with Crippen molar-refractivity contribution in [3.63, 3.8) is 0 Å². The molecule has 0 amide bonds. The predicted octanol–water partition coefficient (Wildman–Crippen LogP) is 3.92. The minimum Gasteiger partial charge on any atom is -0.497 e. The highest BCUT2D eigenvalue weighted by atomic mass is 19.1. The first-order valence-corrected chi connectivity index (χ1v) is 10.0. The van der Waals surface area contributed by atoms with Crippen LogP contribution >= 0.6 is 0 Å². The average Bonchev–Trinajstić information content (AvgIpc) is 3.39. The van der Waals surface area contributed by atoms with Gasteiger partial charge >= 0.3 is 0 Å². The number of aromatic nitrogens is 1. The third-order valence-electron chi connectivity index (χ3n) is 5.69. The van der Waals surface area contributed by atoms with Gasteiger partial charge in [0.25, 0.3) is 0 Å². The molecule has 0 aliphatic carbocycles. The van der Waals surface area contributed by atoms with Gasteiger partial charge in [-0.25, -0.2) is 4.39 Å². The van der Waals surface area contributed by atoms with Gasteiger partial charge in [0.1, 0.15) is 11.6 Å². The molecule has 1 unspecified atom stereocenters. The Morgan fingerprint density at radius 2 is 2.10 bits per heavy atom. The highest BCUT2D eigenvalue weighted by Gasteiger charge is 2.26. The summed E-state index contributed by atoms with van der Waals surface area (Å²) in [5.74, 6) is 2.10. The number of nitrogens with one attached hydrogen (secondary N) is 2. The minimum absolute atomic E-state index is 0.205. The number of aromatic amines is 1. The molecule has 3 aromatic rings. The van der Waals surface area contributed by atoms with Crippen LogP contribution in [0.5, 0.6) is 5.75 Å². The number of H-pyrrole nitrogens is 1. The van der Waals surface area contributed by atoms with Crippen molar-refractivity contribution in [3.05, 3.63) is 65.6 Å². The van der Waals surface area contributed by atoms with Gasteiger partial charge < -0.3 is 19.9 Å². The van der Waals surface area contributed by atoms with E-state index in [0.717, 1.165) is 60.7 Å². The van der Waals surface area contributed by atoms with Crippen molar-refractivity contribution in [2.75, 3.05) is 33.8 Å². The zero-order valence-electron chi connectivity index (χ0n) is 16.9. The fourth-order valence-electron chi connectivity index (χ4n) is 4.10. The Labute approximate surface area is 170 Å². The third-order valence-corrected chi connectivity index (χ3v) is 5.69. The Hall–Kier alpha value is -3.02. The molecule has 1 aromatic heterocycles. The van der Waals surface area contributed by atoms with Crippen LogP contribution in [0.3, 0.4) is 0 Å². The number of aliphatic imine (C=N–C) groups is 1. The fraction of sp³-hybridized carbons (Fsp3) is 0.348. The number of likely N-dealkylation sites (tertiary alicyclic amines) is 1. The second kappa shape index (κ2) is 8.55. The zero-order valence-corrected chi connectivity index (χ0v) is 16.9. The number of fused-ring (bicyclic) bond motifs is 1. The van der Waals surface area contributed by atoms with E-state index >= 15 is 0 Å². The van der Waals surface area contributed by atoms with Crippen LogP contribution in [0.2, 0.25) is 0 Å².